The fourth-order valence-electron chi connectivity index (χ4n) is 2.17. The highest BCUT2D eigenvalue weighted by atomic mass is 16.7. The van der Waals surface area contributed by atoms with Crippen LogP contribution in [0.3, 0.4) is 0 Å². The topological polar surface area (TPSA) is 38.7 Å². The van der Waals surface area contributed by atoms with Gasteiger partial charge < -0.3 is 14.6 Å². The van der Waals surface area contributed by atoms with Crippen LogP contribution in [0.4, 0.5) is 0 Å². The third-order valence-electron chi connectivity index (χ3n) is 3.63. The fraction of sp³-hybridized carbons (Fsp3) is 0.895. The zero-order valence-electron chi connectivity index (χ0n) is 14.9. The van der Waals surface area contributed by atoms with Gasteiger partial charge in [0.15, 0.2) is 6.29 Å². The van der Waals surface area contributed by atoms with Crippen LogP contribution in [0.25, 0.3) is 0 Å². The minimum atomic E-state index is 0.00236. The SMILES string of the molecule is CCCCOC(CCCCCC/C=C\CCO)OCCCC. The maximum Gasteiger partial charge on any atom is 0.157 e. The molecular weight excluding hydrogens is 276 g/mol. The van der Waals surface area contributed by atoms with Crippen LogP contribution < -0.4 is 0 Å². The highest BCUT2D eigenvalue weighted by molar-refractivity contribution is 4.80. The molecule has 0 spiro atoms. The van der Waals surface area contributed by atoms with Crippen molar-refractivity contribution in [1.29, 1.82) is 0 Å². The Morgan fingerprint density at radius 2 is 1.36 bits per heavy atom. The molecule has 0 aliphatic rings. The molecule has 0 radical (unpaired) electrons. The molecule has 0 saturated heterocycles. The number of hydrogen-bond acceptors (Lipinski definition) is 3. The molecule has 0 aromatic carbocycles. The summed E-state index contributed by atoms with van der Waals surface area (Å²) in [6.45, 7) is 6.27. The average molecular weight is 315 g/mol. The van der Waals surface area contributed by atoms with Crippen LogP contribution in [-0.4, -0.2) is 31.2 Å². The fourth-order valence-corrected chi connectivity index (χ4v) is 2.17. The van der Waals surface area contributed by atoms with Crippen LogP contribution in [0.15, 0.2) is 12.2 Å². The van der Waals surface area contributed by atoms with Crippen LogP contribution in [0.5, 0.6) is 0 Å². The van der Waals surface area contributed by atoms with Gasteiger partial charge in [-0.2, -0.15) is 0 Å². The molecule has 0 unspecified atom stereocenters. The van der Waals surface area contributed by atoms with E-state index in [4.69, 9.17) is 14.6 Å². The van der Waals surface area contributed by atoms with Crippen molar-refractivity contribution in [3.63, 3.8) is 0 Å². The summed E-state index contributed by atoms with van der Waals surface area (Å²) in [6.07, 6.45) is 16.7. The third-order valence-corrected chi connectivity index (χ3v) is 3.63. The van der Waals surface area contributed by atoms with Gasteiger partial charge >= 0.3 is 0 Å². The van der Waals surface area contributed by atoms with Gasteiger partial charge in [-0.05, 0) is 44.9 Å². The second-order valence-electron chi connectivity index (χ2n) is 5.85. The predicted octanol–water partition coefficient (Wildman–Crippen LogP) is 5.23. The van der Waals surface area contributed by atoms with Crippen LogP contribution in [0.1, 0.15) is 84.5 Å². The smallest absolute Gasteiger partial charge is 0.157 e. The maximum absolute atomic E-state index is 8.67. The van der Waals surface area contributed by atoms with Gasteiger partial charge in [-0.15, -0.1) is 0 Å². The third kappa shape index (κ3) is 16.0. The Kier molecular flexibility index (Phi) is 18.3. The first-order chi connectivity index (χ1) is 10.8. The zero-order valence-corrected chi connectivity index (χ0v) is 14.9. The van der Waals surface area contributed by atoms with E-state index in [-0.39, 0.29) is 12.9 Å². The molecule has 0 aromatic heterocycles. The molecule has 0 bridgehead atoms. The van der Waals surface area contributed by atoms with Gasteiger partial charge in [0.25, 0.3) is 0 Å². The quantitative estimate of drug-likeness (QED) is 0.227. The first kappa shape index (κ1) is 21.6. The average Bonchev–Trinajstić information content (AvgIpc) is 2.53. The molecular formula is C19H38O3. The molecule has 132 valence electrons. The van der Waals surface area contributed by atoms with E-state index < -0.39 is 0 Å². The lowest BCUT2D eigenvalue weighted by atomic mass is 10.1. The highest BCUT2D eigenvalue weighted by Crippen LogP contribution is 2.12. The van der Waals surface area contributed by atoms with E-state index in [2.05, 4.69) is 26.0 Å². The molecule has 0 amide bonds. The first-order valence-electron chi connectivity index (χ1n) is 9.34. The summed E-state index contributed by atoms with van der Waals surface area (Å²) in [5, 5.41) is 8.67. The van der Waals surface area contributed by atoms with Crippen molar-refractivity contribution in [3.8, 4) is 0 Å². The number of ether oxygens (including phenoxy) is 2. The Labute approximate surface area is 138 Å². The van der Waals surface area contributed by atoms with Crippen molar-refractivity contribution >= 4 is 0 Å². The number of unbranched alkanes of at least 4 members (excludes halogenated alkanes) is 6. The Morgan fingerprint density at radius 1 is 0.773 bits per heavy atom. The molecule has 22 heavy (non-hydrogen) atoms. The molecule has 0 aliphatic carbocycles. The number of aliphatic hydroxyl groups is 1. The first-order valence-corrected chi connectivity index (χ1v) is 9.34. The predicted molar refractivity (Wildman–Crippen MR) is 94.1 cm³/mol. The maximum atomic E-state index is 8.67. The normalized spacial score (nSPS) is 11.8. The standard InChI is InChI=1S/C19H38O3/c1-3-5-17-21-19(22-18-6-4-2)15-13-11-9-7-8-10-12-14-16-20/h10,12,19-20H,3-9,11,13-18H2,1-2H3/b12-10-. The van der Waals surface area contributed by atoms with Crippen molar-refractivity contribution in [2.24, 2.45) is 0 Å². The lowest BCUT2D eigenvalue weighted by Crippen LogP contribution is -2.18. The van der Waals surface area contributed by atoms with Crippen LogP contribution >= 0.6 is 0 Å². The lowest BCUT2D eigenvalue weighted by Gasteiger charge is -2.18. The van der Waals surface area contributed by atoms with Gasteiger partial charge in [0.1, 0.15) is 0 Å². The van der Waals surface area contributed by atoms with E-state index in [0.717, 1.165) is 45.3 Å². The van der Waals surface area contributed by atoms with E-state index in [1.54, 1.807) is 0 Å². The van der Waals surface area contributed by atoms with E-state index in [0.29, 0.717) is 0 Å². The van der Waals surface area contributed by atoms with E-state index in [1.807, 2.05) is 0 Å². The minimum absolute atomic E-state index is 0.00236. The van der Waals surface area contributed by atoms with E-state index in [9.17, 15) is 0 Å². The molecule has 0 atom stereocenters. The van der Waals surface area contributed by atoms with Crippen molar-refractivity contribution in [3.05, 3.63) is 12.2 Å². The summed E-state index contributed by atoms with van der Waals surface area (Å²) >= 11 is 0. The summed E-state index contributed by atoms with van der Waals surface area (Å²) < 4.78 is 11.7. The molecule has 0 fully saturated rings. The van der Waals surface area contributed by atoms with E-state index >= 15 is 0 Å². The summed E-state index contributed by atoms with van der Waals surface area (Å²) in [7, 11) is 0. The number of aliphatic hydroxyl groups excluding tert-OH is 1. The highest BCUT2D eigenvalue weighted by Gasteiger charge is 2.08. The van der Waals surface area contributed by atoms with Gasteiger partial charge in [-0.25, -0.2) is 0 Å². The Hall–Kier alpha value is -0.380. The van der Waals surface area contributed by atoms with Gasteiger partial charge in [0, 0.05) is 19.8 Å². The van der Waals surface area contributed by atoms with Crippen molar-refractivity contribution < 1.29 is 14.6 Å². The second-order valence-corrected chi connectivity index (χ2v) is 5.85. The van der Waals surface area contributed by atoms with Gasteiger partial charge in [-0.1, -0.05) is 51.7 Å². The molecule has 0 rings (SSSR count). The van der Waals surface area contributed by atoms with Crippen LogP contribution in [0, 0.1) is 0 Å². The molecule has 0 heterocycles. The van der Waals surface area contributed by atoms with Gasteiger partial charge in [0.2, 0.25) is 0 Å². The number of hydrogen-bond donors (Lipinski definition) is 1. The lowest BCUT2D eigenvalue weighted by molar-refractivity contribution is -0.147. The van der Waals surface area contributed by atoms with Gasteiger partial charge in [0.05, 0.1) is 0 Å². The molecule has 3 nitrogen and oxygen atoms in total. The van der Waals surface area contributed by atoms with Crippen LogP contribution in [-0.2, 0) is 9.47 Å². The Balaban J connectivity index is 3.59. The summed E-state index contributed by atoms with van der Waals surface area (Å²) in [5.41, 5.74) is 0. The Morgan fingerprint density at radius 3 is 1.95 bits per heavy atom. The molecule has 0 aromatic rings. The van der Waals surface area contributed by atoms with Crippen molar-refractivity contribution in [1.82, 2.24) is 0 Å². The number of allylic oxidation sites excluding steroid dienone is 1. The van der Waals surface area contributed by atoms with Gasteiger partial charge in [-0.3, -0.25) is 0 Å². The Bertz CT molecular complexity index is 219. The summed E-state index contributed by atoms with van der Waals surface area (Å²) in [4.78, 5) is 0. The molecule has 3 heteroatoms. The molecule has 1 N–H and O–H groups in total. The van der Waals surface area contributed by atoms with Crippen LogP contribution in [0.2, 0.25) is 0 Å². The zero-order chi connectivity index (χ0) is 16.3. The summed E-state index contributed by atoms with van der Waals surface area (Å²) in [6, 6.07) is 0. The van der Waals surface area contributed by atoms with Crippen molar-refractivity contribution in [2.75, 3.05) is 19.8 Å². The second kappa shape index (κ2) is 18.7. The monoisotopic (exact) mass is 314 g/mol. The van der Waals surface area contributed by atoms with E-state index in [1.165, 1.54) is 38.5 Å². The van der Waals surface area contributed by atoms with Crippen molar-refractivity contribution in [2.45, 2.75) is 90.8 Å². The molecule has 0 saturated carbocycles. The number of rotatable bonds is 17. The minimum Gasteiger partial charge on any atom is -0.396 e. The molecule has 0 aliphatic heterocycles. The largest absolute Gasteiger partial charge is 0.396 e. The summed E-state index contributed by atoms with van der Waals surface area (Å²) in [5.74, 6) is 0.